The van der Waals surface area contributed by atoms with Gasteiger partial charge < -0.3 is 69.0 Å². The van der Waals surface area contributed by atoms with E-state index in [-0.39, 0.29) is 11.3 Å². The van der Waals surface area contributed by atoms with Crippen LogP contribution >= 0.6 is 0 Å². The first-order valence-corrected chi connectivity index (χ1v) is 14.9. The molecule has 0 spiro atoms. The molecule has 264 valence electrons. The number of rotatable bonds is 9. The summed E-state index contributed by atoms with van der Waals surface area (Å²) in [6, 6.07) is 22.1. The molecule has 0 unspecified atom stereocenters. The van der Waals surface area contributed by atoms with Crippen molar-refractivity contribution in [3.8, 4) is 23.3 Å². The van der Waals surface area contributed by atoms with E-state index in [1.54, 1.807) is 42.5 Å². The number of nitrogens with zero attached hydrogens (tertiary/aromatic N) is 2. The van der Waals surface area contributed by atoms with Gasteiger partial charge in [0.2, 0.25) is 11.8 Å². The number of hydrogen-bond acceptors (Lipinski definition) is 14. The molecule has 5 rings (SSSR count). The Labute approximate surface area is 291 Å². The van der Waals surface area contributed by atoms with Crippen molar-refractivity contribution in [2.75, 3.05) is 47.4 Å². The normalized spacial score (nSPS) is 9.80. The number of ether oxygens (including phenoxy) is 4. The summed E-state index contributed by atoms with van der Waals surface area (Å²) in [4.78, 5) is 8.81. The zero-order valence-electron chi connectivity index (χ0n) is 28.5. The quantitative estimate of drug-likeness (QED) is 0.0725. The van der Waals surface area contributed by atoms with Gasteiger partial charge in [0.1, 0.15) is 11.5 Å². The minimum atomic E-state index is -1.59. The van der Waals surface area contributed by atoms with Crippen LogP contribution in [0.2, 0.25) is 0 Å². The van der Waals surface area contributed by atoms with Gasteiger partial charge >= 0.3 is 28.5 Å². The van der Waals surface area contributed by atoms with Crippen LogP contribution in [0.1, 0.15) is 0 Å². The Morgan fingerprint density at radius 1 is 0.580 bits per heavy atom. The second-order valence-corrected chi connectivity index (χ2v) is 10.4. The number of benzene rings is 3. The molecule has 0 radical (unpaired) electrons. The van der Waals surface area contributed by atoms with Crippen molar-refractivity contribution in [2.45, 2.75) is 0 Å². The maximum Gasteiger partial charge on any atom is 0.494 e. The number of aromatic nitrogens is 2. The van der Waals surface area contributed by atoms with Gasteiger partial charge in [-0.1, -0.05) is 36.4 Å². The van der Waals surface area contributed by atoms with Gasteiger partial charge in [0, 0.05) is 54.6 Å². The van der Waals surface area contributed by atoms with Gasteiger partial charge in [0.25, 0.3) is 0 Å². The highest BCUT2D eigenvalue weighted by Crippen LogP contribution is 2.17. The first-order chi connectivity index (χ1) is 23.8. The van der Waals surface area contributed by atoms with Crippen molar-refractivity contribution < 1.29 is 59.1 Å². The number of fused-ring (bicyclic) bond motifs is 1. The first-order valence-electron chi connectivity index (χ1n) is 14.9. The van der Waals surface area contributed by atoms with Crippen LogP contribution in [0, 0.1) is 0 Å². The van der Waals surface area contributed by atoms with Crippen LogP contribution in [0.4, 0.5) is 5.69 Å². The van der Waals surface area contributed by atoms with Gasteiger partial charge in [-0.15, -0.1) is 0 Å². The second kappa shape index (κ2) is 20.7. The zero-order chi connectivity index (χ0) is 37.4. The predicted octanol–water partition coefficient (Wildman–Crippen LogP) is -2.56. The average molecular weight is 691 g/mol. The lowest BCUT2D eigenvalue weighted by molar-refractivity contribution is 0.363. The monoisotopic (exact) mass is 691 g/mol. The van der Waals surface area contributed by atoms with E-state index in [4.69, 9.17) is 59.1 Å². The molecule has 9 N–H and O–H groups in total. The van der Waals surface area contributed by atoms with E-state index in [2.05, 4.69) is 9.97 Å². The highest BCUT2D eigenvalue weighted by atomic mass is 16.5. The molecule has 0 saturated carbocycles. The van der Waals surface area contributed by atoms with Crippen molar-refractivity contribution in [3.63, 3.8) is 0 Å². The molecule has 19 heteroatoms. The van der Waals surface area contributed by atoms with E-state index in [0.29, 0.717) is 33.8 Å². The molecule has 2 aromatic heterocycles. The number of methoxy groups -OCH3 is 4. The lowest BCUT2D eigenvalue weighted by atomic mass is 9.79. The van der Waals surface area contributed by atoms with E-state index < -0.39 is 28.5 Å². The number of nitrogens with one attached hydrogen (secondary N) is 1. The third kappa shape index (κ3) is 12.6. The molecule has 0 bridgehead atoms. The summed E-state index contributed by atoms with van der Waals surface area (Å²) >= 11 is 0. The van der Waals surface area contributed by atoms with Gasteiger partial charge in [-0.2, -0.15) is 4.98 Å². The fourth-order valence-electron chi connectivity index (χ4n) is 4.11. The lowest BCUT2D eigenvalue weighted by Crippen LogP contribution is -2.31. The highest BCUT2D eigenvalue weighted by molar-refractivity contribution is 6.60. The fraction of sp³-hybridized carbons (Fsp3) is 0.194. The van der Waals surface area contributed by atoms with Gasteiger partial charge in [0.05, 0.1) is 28.4 Å². The van der Waals surface area contributed by atoms with E-state index in [0.717, 1.165) is 16.6 Å². The third-order valence-corrected chi connectivity index (χ3v) is 6.85. The van der Waals surface area contributed by atoms with Gasteiger partial charge in [-0.25, -0.2) is 0 Å². The Bertz CT molecular complexity index is 1640. The molecule has 0 fully saturated rings. The summed E-state index contributed by atoms with van der Waals surface area (Å²) in [5.41, 5.74) is 3.51. The zero-order valence-corrected chi connectivity index (χ0v) is 28.5. The number of H-pyrrole nitrogens is 1. The van der Waals surface area contributed by atoms with Crippen LogP contribution in [-0.4, -0.2) is 121 Å². The largest absolute Gasteiger partial charge is 0.497 e. The Morgan fingerprint density at radius 2 is 1.18 bits per heavy atom. The summed E-state index contributed by atoms with van der Waals surface area (Å²) in [5, 5.41) is 72.0. The van der Waals surface area contributed by atoms with Crippen molar-refractivity contribution in [1.29, 1.82) is 0 Å². The van der Waals surface area contributed by atoms with E-state index in [1.165, 1.54) is 40.6 Å². The van der Waals surface area contributed by atoms with Crippen LogP contribution in [-0.2, 0) is 0 Å². The fourth-order valence-corrected chi connectivity index (χ4v) is 4.11. The molecular weight excluding hydrogens is 650 g/mol. The van der Waals surface area contributed by atoms with Crippen molar-refractivity contribution in [3.05, 3.63) is 85.1 Å². The van der Waals surface area contributed by atoms with Crippen molar-refractivity contribution in [1.82, 2.24) is 9.97 Å². The molecule has 3 aromatic carbocycles. The summed E-state index contributed by atoms with van der Waals surface area (Å²) in [6.07, 6.45) is 1.82. The summed E-state index contributed by atoms with van der Waals surface area (Å²) in [5.74, 6) is 1.52. The van der Waals surface area contributed by atoms with Crippen LogP contribution < -0.4 is 45.7 Å². The van der Waals surface area contributed by atoms with E-state index >= 15 is 0 Å². The smallest absolute Gasteiger partial charge is 0.494 e. The summed E-state index contributed by atoms with van der Waals surface area (Å²) in [7, 11) is 3.84. The minimum Gasteiger partial charge on any atom is -0.497 e. The lowest BCUT2D eigenvalue weighted by Gasteiger charge is -2.12. The molecule has 5 aromatic rings. The number of hydrogen-bond donors (Lipinski definition) is 9. The predicted molar refractivity (Wildman–Crippen MR) is 195 cm³/mol. The minimum absolute atomic E-state index is 0.148. The van der Waals surface area contributed by atoms with Crippen LogP contribution in [0.3, 0.4) is 0 Å². The van der Waals surface area contributed by atoms with Crippen molar-refractivity contribution >= 4 is 66.9 Å². The topological polar surface area (TPSA) is 231 Å². The SMILES string of the molecule is CN(C)c1ccc(B(O)O)cc1.COc1ccc(B(O)O)c(OC)c1.COc1ccc(B(O)O)c(OC)n1.OB(O)c1ccc2cc[nH]c2c1. The summed E-state index contributed by atoms with van der Waals surface area (Å²) in [6.45, 7) is 0. The number of pyridine rings is 1. The molecule has 0 amide bonds. The molecule has 0 atom stereocenters. The molecule has 0 aliphatic rings. The second-order valence-electron chi connectivity index (χ2n) is 10.4. The summed E-state index contributed by atoms with van der Waals surface area (Å²) < 4.78 is 19.6. The van der Waals surface area contributed by atoms with Crippen LogP contribution in [0.25, 0.3) is 10.9 Å². The molecule has 0 aliphatic heterocycles. The number of aromatic amines is 1. The first kappa shape index (κ1) is 41.5. The molecule has 50 heavy (non-hydrogen) atoms. The molecule has 15 nitrogen and oxygen atoms in total. The molecule has 0 aliphatic carbocycles. The highest BCUT2D eigenvalue weighted by Gasteiger charge is 2.19. The van der Waals surface area contributed by atoms with E-state index in [1.807, 2.05) is 49.5 Å². The maximum absolute atomic E-state index is 8.93. The van der Waals surface area contributed by atoms with E-state index in [9.17, 15) is 0 Å². The number of anilines is 1. The Morgan fingerprint density at radius 3 is 1.68 bits per heavy atom. The standard InChI is InChI=1S/C8H8BNO2.C8H12BNO2.C8H11BO4.C7H10BNO4/c11-9(12)7-2-1-6-3-4-10-8(6)5-7;1-10(2)8-5-3-7(4-6-8)9(11)12;1-12-6-3-4-7(9(10)11)8(5-6)13-2;1-12-6-4-3-5(8(10)11)7(9-6)13-2/h1-5,10-12H;3-6,11-12H,1-2H3;3-5,10-11H,1-2H3;3-4,10-11H,1-2H3. The Hall–Kier alpha value is -4.71. The third-order valence-electron chi connectivity index (χ3n) is 6.85. The molecule has 0 saturated heterocycles. The van der Waals surface area contributed by atoms with Gasteiger partial charge in [-0.3, -0.25) is 0 Å². The van der Waals surface area contributed by atoms with Gasteiger partial charge in [-0.05, 0) is 46.6 Å². The maximum atomic E-state index is 8.93. The molecule has 2 heterocycles. The Balaban J connectivity index is 0.000000231. The molecular formula is C31H41B4N3O12. The average Bonchev–Trinajstić information content (AvgIpc) is 3.60. The van der Waals surface area contributed by atoms with Crippen LogP contribution in [0.15, 0.2) is 85.1 Å². The van der Waals surface area contributed by atoms with Crippen molar-refractivity contribution in [2.24, 2.45) is 0 Å². The van der Waals surface area contributed by atoms with Crippen LogP contribution in [0.5, 0.6) is 23.3 Å². The Kier molecular flexibility index (Phi) is 17.2. The van der Waals surface area contributed by atoms with Gasteiger partial charge in [0.15, 0.2) is 0 Å².